The number of carbonyl (C=O) groups excluding carboxylic acids is 2. The molecule has 3 N–H and O–H groups in total. The van der Waals surface area contributed by atoms with E-state index < -0.39 is 5.91 Å². The van der Waals surface area contributed by atoms with Crippen LogP contribution in [0.2, 0.25) is 0 Å². The van der Waals surface area contributed by atoms with Gasteiger partial charge in [0.2, 0.25) is 11.8 Å². The minimum absolute atomic E-state index is 0.174. The van der Waals surface area contributed by atoms with E-state index in [-0.39, 0.29) is 12.3 Å². The number of benzene rings is 3. The topological polar surface area (TPSA) is 98.2 Å². The average Bonchev–Trinajstić information content (AvgIpc) is 3.24. The molecule has 0 saturated heterocycles. The molecule has 0 unspecified atom stereocenters. The molecule has 0 atom stereocenters. The lowest BCUT2D eigenvalue weighted by Crippen LogP contribution is -2.13. The van der Waals surface area contributed by atoms with Crippen LogP contribution >= 0.6 is 0 Å². The first-order chi connectivity index (χ1) is 15.1. The molecule has 0 aliphatic heterocycles. The summed E-state index contributed by atoms with van der Waals surface area (Å²) in [5.74, 6) is 0.499. The molecule has 31 heavy (non-hydrogen) atoms. The van der Waals surface area contributed by atoms with Crippen molar-refractivity contribution in [1.29, 1.82) is 0 Å². The molecule has 3 aromatic carbocycles. The molecule has 0 saturated carbocycles. The third kappa shape index (κ3) is 4.87. The molecule has 4 rings (SSSR count). The van der Waals surface area contributed by atoms with Gasteiger partial charge in [-0.1, -0.05) is 60.7 Å². The molecule has 0 aliphatic carbocycles. The molecule has 0 spiro atoms. The van der Waals surface area contributed by atoms with Gasteiger partial charge >= 0.3 is 0 Å². The number of oxazole rings is 1. The number of nitrogens with one attached hydrogen (secondary N) is 1. The molecule has 0 aliphatic rings. The summed E-state index contributed by atoms with van der Waals surface area (Å²) in [6, 6.07) is 26.0. The van der Waals surface area contributed by atoms with Crippen molar-refractivity contribution in [3.63, 3.8) is 0 Å². The molecule has 6 nitrogen and oxygen atoms in total. The molecule has 0 radical (unpaired) electrons. The van der Waals surface area contributed by atoms with Crippen LogP contribution in [0.3, 0.4) is 0 Å². The third-order valence-electron chi connectivity index (χ3n) is 4.77. The van der Waals surface area contributed by atoms with Gasteiger partial charge in [0.1, 0.15) is 5.69 Å². The van der Waals surface area contributed by atoms with Gasteiger partial charge < -0.3 is 15.5 Å². The number of primary amides is 1. The number of carbonyl (C=O) groups is 2. The number of amides is 2. The third-order valence-corrected chi connectivity index (χ3v) is 4.77. The Morgan fingerprint density at radius 1 is 0.839 bits per heavy atom. The van der Waals surface area contributed by atoms with Crippen LogP contribution in [-0.2, 0) is 11.2 Å². The Kier molecular flexibility index (Phi) is 5.89. The lowest BCUT2D eigenvalue weighted by molar-refractivity contribution is -0.116. The van der Waals surface area contributed by atoms with E-state index in [0.717, 1.165) is 16.8 Å². The predicted molar refractivity (Wildman–Crippen MR) is 119 cm³/mol. The number of rotatable bonds is 7. The van der Waals surface area contributed by atoms with Gasteiger partial charge in [-0.15, -0.1) is 0 Å². The first-order valence-corrected chi connectivity index (χ1v) is 9.90. The number of aromatic nitrogens is 1. The van der Waals surface area contributed by atoms with Crippen LogP contribution in [0, 0.1) is 0 Å². The summed E-state index contributed by atoms with van der Waals surface area (Å²) in [6.45, 7) is 0. The summed E-state index contributed by atoms with van der Waals surface area (Å²) >= 11 is 0. The second-order valence-corrected chi connectivity index (χ2v) is 7.01. The van der Waals surface area contributed by atoms with Crippen LogP contribution in [0.4, 0.5) is 5.69 Å². The molecule has 154 valence electrons. The fourth-order valence-corrected chi connectivity index (χ4v) is 3.21. The van der Waals surface area contributed by atoms with Gasteiger partial charge in [0.15, 0.2) is 11.7 Å². The Labute approximate surface area is 179 Å². The zero-order valence-electron chi connectivity index (χ0n) is 16.7. The maximum Gasteiger partial charge on any atom is 0.248 e. The second kappa shape index (κ2) is 9.09. The molecule has 0 fully saturated rings. The highest BCUT2D eigenvalue weighted by molar-refractivity contribution is 5.94. The monoisotopic (exact) mass is 411 g/mol. The Hall–Kier alpha value is -4.19. The number of nitrogens with two attached hydrogens (primary N) is 1. The lowest BCUT2D eigenvalue weighted by Gasteiger charge is -2.04. The Balaban J connectivity index is 1.49. The van der Waals surface area contributed by atoms with Crippen molar-refractivity contribution < 1.29 is 14.0 Å². The van der Waals surface area contributed by atoms with Crippen LogP contribution in [-0.4, -0.2) is 16.8 Å². The summed E-state index contributed by atoms with van der Waals surface area (Å²) in [4.78, 5) is 28.2. The summed E-state index contributed by atoms with van der Waals surface area (Å²) in [5, 5.41) is 2.80. The highest BCUT2D eigenvalue weighted by atomic mass is 16.4. The molecular weight excluding hydrogens is 390 g/mol. The van der Waals surface area contributed by atoms with Crippen molar-refractivity contribution in [2.45, 2.75) is 12.8 Å². The molecule has 4 aromatic rings. The van der Waals surface area contributed by atoms with E-state index >= 15 is 0 Å². The van der Waals surface area contributed by atoms with E-state index in [9.17, 15) is 9.59 Å². The first-order valence-electron chi connectivity index (χ1n) is 9.90. The van der Waals surface area contributed by atoms with E-state index in [1.807, 2.05) is 60.7 Å². The highest BCUT2D eigenvalue weighted by Crippen LogP contribution is 2.32. The molecule has 0 bridgehead atoms. The molecule has 1 aromatic heterocycles. The van der Waals surface area contributed by atoms with Crippen molar-refractivity contribution in [3.05, 3.63) is 96.4 Å². The fourth-order valence-electron chi connectivity index (χ4n) is 3.21. The SMILES string of the molecule is NC(=O)c1ccc(NC(=O)CCc2nc(-c3ccccc3)c(-c3ccccc3)o2)cc1. The molecule has 1 heterocycles. The van der Waals surface area contributed by atoms with Gasteiger partial charge in [-0.2, -0.15) is 0 Å². The predicted octanol–water partition coefficient (Wildman–Crippen LogP) is 4.68. The van der Waals surface area contributed by atoms with Crippen LogP contribution in [0.5, 0.6) is 0 Å². The minimum atomic E-state index is -0.509. The summed E-state index contributed by atoms with van der Waals surface area (Å²) in [5.41, 5.74) is 8.85. The Bertz CT molecular complexity index is 1130. The summed E-state index contributed by atoms with van der Waals surface area (Å²) in [6.07, 6.45) is 0.568. The second-order valence-electron chi connectivity index (χ2n) is 7.01. The first kappa shape index (κ1) is 20.1. The van der Waals surface area contributed by atoms with Crippen LogP contribution < -0.4 is 11.1 Å². The smallest absolute Gasteiger partial charge is 0.248 e. The summed E-state index contributed by atoms with van der Waals surface area (Å²) < 4.78 is 6.06. The lowest BCUT2D eigenvalue weighted by atomic mass is 10.1. The van der Waals surface area contributed by atoms with Crippen molar-refractivity contribution >= 4 is 17.5 Å². The maximum absolute atomic E-state index is 12.4. The zero-order valence-corrected chi connectivity index (χ0v) is 16.7. The number of hydrogen-bond acceptors (Lipinski definition) is 4. The van der Waals surface area contributed by atoms with Gasteiger partial charge in [0.05, 0.1) is 0 Å². The van der Waals surface area contributed by atoms with Gasteiger partial charge in [-0.25, -0.2) is 4.98 Å². The van der Waals surface area contributed by atoms with Crippen LogP contribution in [0.1, 0.15) is 22.7 Å². The van der Waals surface area contributed by atoms with Crippen molar-refractivity contribution in [3.8, 4) is 22.6 Å². The number of nitrogens with zero attached hydrogens (tertiary/aromatic N) is 1. The maximum atomic E-state index is 12.4. The van der Waals surface area contributed by atoms with Gasteiger partial charge in [-0.05, 0) is 24.3 Å². The average molecular weight is 411 g/mol. The molecule has 2 amide bonds. The molecular formula is C25H21N3O3. The largest absolute Gasteiger partial charge is 0.440 e. The van der Waals surface area contributed by atoms with Crippen molar-refractivity contribution in [2.24, 2.45) is 5.73 Å². The van der Waals surface area contributed by atoms with Crippen molar-refractivity contribution in [1.82, 2.24) is 4.98 Å². The van der Waals surface area contributed by atoms with E-state index in [4.69, 9.17) is 10.2 Å². The fraction of sp³-hybridized carbons (Fsp3) is 0.0800. The van der Waals surface area contributed by atoms with Crippen molar-refractivity contribution in [2.75, 3.05) is 5.32 Å². The number of hydrogen-bond donors (Lipinski definition) is 2. The quantitative estimate of drug-likeness (QED) is 0.461. The van der Waals surface area contributed by atoms with Gasteiger partial charge in [-0.3, -0.25) is 9.59 Å². The van der Waals surface area contributed by atoms with Gasteiger partial charge in [0.25, 0.3) is 0 Å². The Morgan fingerprint density at radius 3 is 2.06 bits per heavy atom. The van der Waals surface area contributed by atoms with E-state index in [1.54, 1.807) is 24.3 Å². The normalized spacial score (nSPS) is 10.6. The molecule has 6 heteroatoms. The highest BCUT2D eigenvalue weighted by Gasteiger charge is 2.17. The van der Waals surface area contributed by atoms with E-state index in [0.29, 0.717) is 29.3 Å². The Morgan fingerprint density at radius 2 is 1.45 bits per heavy atom. The summed E-state index contributed by atoms with van der Waals surface area (Å²) in [7, 11) is 0. The van der Waals surface area contributed by atoms with E-state index in [1.165, 1.54) is 0 Å². The minimum Gasteiger partial charge on any atom is -0.440 e. The van der Waals surface area contributed by atoms with E-state index in [2.05, 4.69) is 10.3 Å². The van der Waals surface area contributed by atoms with Gasteiger partial charge in [0, 0.05) is 35.2 Å². The zero-order chi connectivity index (χ0) is 21.6. The number of aryl methyl sites for hydroxylation is 1. The van der Waals surface area contributed by atoms with Crippen LogP contribution in [0.25, 0.3) is 22.6 Å². The van der Waals surface area contributed by atoms with Crippen LogP contribution in [0.15, 0.2) is 89.3 Å². The standard InChI is InChI=1S/C25H21N3O3/c26-25(30)19-11-13-20(14-12-19)27-21(29)15-16-22-28-23(17-7-3-1-4-8-17)24(31-22)18-9-5-2-6-10-18/h1-14H,15-16H2,(H2,26,30)(H,27,29). The number of anilines is 1.